The molecule has 2 aliphatic rings. The van der Waals surface area contributed by atoms with Gasteiger partial charge in [-0.2, -0.15) is 18.3 Å². The van der Waals surface area contributed by atoms with Gasteiger partial charge in [0.1, 0.15) is 16.9 Å². The summed E-state index contributed by atoms with van der Waals surface area (Å²) in [6.45, 7) is 8.54. The van der Waals surface area contributed by atoms with Crippen LogP contribution in [0.25, 0.3) is 11.3 Å². The zero-order valence-electron chi connectivity index (χ0n) is 20.3. The van der Waals surface area contributed by atoms with Gasteiger partial charge in [0.25, 0.3) is 0 Å². The van der Waals surface area contributed by atoms with Crippen molar-refractivity contribution in [2.24, 2.45) is 5.92 Å². The van der Waals surface area contributed by atoms with Gasteiger partial charge >= 0.3 is 18.2 Å². The predicted octanol–water partition coefficient (Wildman–Crippen LogP) is 5.08. The van der Waals surface area contributed by atoms with E-state index in [1.807, 2.05) is 20.8 Å². The third-order valence-electron chi connectivity index (χ3n) is 6.13. The molecule has 0 spiro atoms. The number of piperidine rings is 1. The fraction of sp³-hybridized carbons (Fsp3) is 0.625. The standard InChI is InChI=1S/C24H30F3N3O5/c1-5-33-21(31)20-18(24(25,26)27)17-16(34-20)7-6-15-13-30(28-19(15)17)12-14-8-10-29(11-9-14)22(32)35-23(2,3)4/h13-14H,5-12H2,1-4H3. The Morgan fingerprint density at radius 1 is 1.17 bits per heavy atom. The number of nitrogens with zero attached hydrogens (tertiary/aromatic N) is 3. The first-order valence-corrected chi connectivity index (χ1v) is 11.8. The van der Waals surface area contributed by atoms with Crippen molar-refractivity contribution >= 4 is 12.1 Å². The van der Waals surface area contributed by atoms with Gasteiger partial charge in [0.05, 0.1) is 17.9 Å². The molecule has 1 fully saturated rings. The molecule has 192 valence electrons. The van der Waals surface area contributed by atoms with Gasteiger partial charge < -0.3 is 18.8 Å². The third kappa shape index (κ3) is 5.33. The highest BCUT2D eigenvalue weighted by molar-refractivity contribution is 5.92. The lowest BCUT2D eigenvalue weighted by atomic mass is 9.93. The summed E-state index contributed by atoms with van der Waals surface area (Å²) >= 11 is 0. The maximum atomic E-state index is 14.0. The number of hydrogen-bond acceptors (Lipinski definition) is 6. The first-order valence-electron chi connectivity index (χ1n) is 11.8. The van der Waals surface area contributed by atoms with E-state index >= 15 is 0 Å². The van der Waals surface area contributed by atoms with Gasteiger partial charge in [-0.25, -0.2) is 9.59 Å². The van der Waals surface area contributed by atoms with Crippen molar-refractivity contribution in [2.75, 3.05) is 19.7 Å². The molecule has 4 rings (SSSR count). The topological polar surface area (TPSA) is 86.8 Å². The van der Waals surface area contributed by atoms with E-state index in [4.69, 9.17) is 13.9 Å². The summed E-state index contributed by atoms with van der Waals surface area (Å²) in [6.07, 6.45) is -1.18. The van der Waals surface area contributed by atoms with Crippen LogP contribution in [0.3, 0.4) is 0 Å². The number of likely N-dealkylation sites (tertiary alicyclic amines) is 1. The number of carbonyl (C=O) groups is 2. The lowest BCUT2D eigenvalue weighted by molar-refractivity contribution is -0.138. The molecule has 0 unspecified atom stereocenters. The van der Waals surface area contributed by atoms with E-state index in [0.29, 0.717) is 31.6 Å². The van der Waals surface area contributed by atoms with Crippen molar-refractivity contribution in [3.63, 3.8) is 0 Å². The SMILES string of the molecule is CCOC(=O)c1oc2c(c1C(F)(F)F)-c1nn(CC3CCN(C(=O)OC(C)(C)C)CC3)cc1CC2. The molecule has 35 heavy (non-hydrogen) atoms. The van der Waals surface area contributed by atoms with E-state index in [2.05, 4.69) is 5.10 Å². The fourth-order valence-corrected chi connectivity index (χ4v) is 4.60. The molecule has 1 aliphatic heterocycles. The molecule has 0 N–H and O–H groups in total. The minimum Gasteiger partial charge on any atom is -0.460 e. The number of aromatic nitrogens is 2. The highest BCUT2D eigenvalue weighted by Crippen LogP contribution is 2.46. The molecule has 3 heterocycles. The van der Waals surface area contributed by atoms with Gasteiger partial charge in [-0.05, 0) is 58.4 Å². The first kappa shape index (κ1) is 25.1. The van der Waals surface area contributed by atoms with E-state index in [1.165, 1.54) is 6.92 Å². The summed E-state index contributed by atoms with van der Waals surface area (Å²) in [6, 6.07) is 0. The lowest BCUT2D eigenvalue weighted by Gasteiger charge is -2.33. The molecule has 8 nitrogen and oxygen atoms in total. The van der Waals surface area contributed by atoms with Gasteiger partial charge in [0.2, 0.25) is 5.76 Å². The van der Waals surface area contributed by atoms with E-state index in [0.717, 1.165) is 12.8 Å². The number of amides is 1. The van der Waals surface area contributed by atoms with Crippen LogP contribution in [0.1, 0.15) is 68.0 Å². The molecule has 0 saturated carbocycles. The molecule has 2 aromatic heterocycles. The number of halogens is 3. The highest BCUT2D eigenvalue weighted by Gasteiger charge is 2.45. The number of furan rings is 1. The normalized spacial score (nSPS) is 16.6. The molecular weight excluding hydrogens is 467 g/mol. The number of alkyl halides is 3. The number of carbonyl (C=O) groups excluding carboxylic acids is 2. The molecule has 1 aliphatic carbocycles. The minimum atomic E-state index is -4.80. The summed E-state index contributed by atoms with van der Waals surface area (Å²) in [5, 5.41) is 4.48. The average Bonchev–Trinajstić information content (AvgIpc) is 3.33. The number of ether oxygens (including phenoxy) is 2. The van der Waals surface area contributed by atoms with Crippen LogP contribution >= 0.6 is 0 Å². The summed E-state index contributed by atoms with van der Waals surface area (Å²) < 4.78 is 59.3. The Hall–Kier alpha value is -2.98. The Balaban J connectivity index is 1.52. The van der Waals surface area contributed by atoms with Crippen molar-refractivity contribution < 1.29 is 36.7 Å². The largest absolute Gasteiger partial charge is 0.460 e. The zero-order chi connectivity index (χ0) is 25.5. The van der Waals surface area contributed by atoms with Crippen LogP contribution in [0.2, 0.25) is 0 Å². The number of rotatable bonds is 4. The van der Waals surface area contributed by atoms with Crippen molar-refractivity contribution in [2.45, 2.75) is 71.7 Å². The first-order chi connectivity index (χ1) is 16.4. The third-order valence-corrected chi connectivity index (χ3v) is 6.13. The van der Waals surface area contributed by atoms with Gasteiger partial charge in [-0.1, -0.05) is 0 Å². The Bertz CT molecular complexity index is 1110. The Kier molecular flexibility index (Phi) is 6.63. The van der Waals surface area contributed by atoms with E-state index < -0.39 is 29.1 Å². The lowest BCUT2D eigenvalue weighted by Crippen LogP contribution is -2.42. The predicted molar refractivity (Wildman–Crippen MR) is 119 cm³/mol. The molecule has 0 radical (unpaired) electrons. The van der Waals surface area contributed by atoms with Crippen LogP contribution in [0.15, 0.2) is 10.6 Å². The fourth-order valence-electron chi connectivity index (χ4n) is 4.60. The molecule has 11 heteroatoms. The van der Waals surface area contributed by atoms with Crippen LogP contribution < -0.4 is 0 Å². The molecular formula is C24H30F3N3O5. The average molecular weight is 498 g/mol. The Morgan fingerprint density at radius 3 is 2.46 bits per heavy atom. The van der Waals surface area contributed by atoms with Gasteiger partial charge in [-0.15, -0.1) is 0 Å². The van der Waals surface area contributed by atoms with Crippen molar-refractivity contribution in [3.05, 3.63) is 28.8 Å². The Labute approximate surface area is 201 Å². The summed E-state index contributed by atoms with van der Waals surface area (Å²) in [5.74, 6) is -1.63. The quantitative estimate of drug-likeness (QED) is 0.548. The van der Waals surface area contributed by atoms with Gasteiger partial charge in [-0.3, -0.25) is 4.68 Å². The highest BCUT2D eigenvalue weighted by atomic mass is 19.4. The zero-order valence-corrected chi connectivity index (χ0v) is 20.3. The van der Waals surface area contributed by atoms with E-state index in [1.54, 1.807) is 15.8 Å². The summed E-state index contributed by atoms with van der Waals surface area (Å²) in [4.78, 5) is 26.1. The summed E-state index contributed by atoms with van der Waals surface area (Å²) in [7, 11) is 0. The van der Waals surface area contributed by atoms with Crippen molar-refractivity contribution in [1.29, 1.82) is 0 Å². The van der Waals surface area contributed by atoms with Crippen LogP contribution in [-0.4, -0.2) is 52.0 Å². The number of esters is 1. The minimum absolute atomic E-state index is 0.0614. The molecule has 0 aromatic carbocycles. The van der Waals surface area contributed by atoms with Crippen LogP contribution in [-0.2, 0) is 35.0 Å². The molecule has 2 aromatic rings. The van der Waals surface area contributed by atoms with Crippen molar-refractivity contribution in [1.82, 2.24) is 14.7 Å². The van der Waals surface area contributed by atoms with Crippen molar-refractivity contribution in [3.8, 4) is 11.3 Å². The number of hydrogen-bond donors (Lipinski definition) is 0. The van der Waals surface area contributed by atoms with Gasteiger partial charge in [0, 0.05) is 32.3 Å². The van der Waals surface area contributed by atoms with E-state index in [-0.39, 0.29) is 42.1 Å². The Morgan fingerprint density at radius 2 is 1.86 bits per heavy atom. The van der Waals surface area contributed by atoms with Gasteiger partial charge in [0.15, 0.2) is 0 Å². The molecule has 0 bridgehead atoms. The van der Waals surface area contributed by atoms with Crippen LogP contribution in [0.5, 0.6) is 0 Å². The number of fused-ring (bicyclic) bond motifs is 3. The number of aryl methyl sites for hydroxylation is 2. The maximum Gasteiger partial charge on any atom is 0.421 e. The monoisotopic (exact) mass is 497 g/mol. The van der Waals surface area contributed by atoms with E-state index in [9.17, 15) is 22.8 Å². The molecule has 1 saturated heterocycles. The maximum absolute atomic E-state index is 14.0. The van der Waals surface area contributed by atoms with Crippen LogP contribution in [0.4, 0.5) is 18.0 Å². The second-order valence-electron chi connectivity index (χ2n) is 9.96. The second-order valence-corrected chi connectivity index (χ2v) is 9.96. The summed E-state index contributed by atoms with van der Waals surface area (Å²) in [5.41, 5.74) is -0.964. The smallest absolute Gasteiger partial charge is 0.421 e. The molecule has 1 amide bonds. The second kappa shape index (κ2) is 9.23. The van der Waals surface area contributed by atoms with Crippen LogP contribution in [0, 0.1) is 5.92 Å². The molecule has 0 atom stereocenters.